The molecular formula is C9H8N2O2. The summed E-state index contributed by atoms with van der Waals surface area (Å²) >= 11 is 0. The van der Waals surface area contributed by atoms with Crippen molar-refractivity contribution in [2.75, 3.05) is 0 Å². The zero-order valence-corrected chi connectivity index (χ0v) is 7.03. The zero-order valence-electron chi connectivity index (χ0n) is 7.03. The average Bonchev–Trinajstić information content (AvgIpc) is 2.10. The van der Waals surface area contributed by atoms with Crippen LogP contribution in [-0.2, 0) is 0 Å². The fourth-order valence-electron chi connectivity index (χ4n) is 0.960. The predicted molar refractivity (Wildman–Crippen MR) is 45.9 cm³/mol. The minimum atomic E-state index is -0.594. The van der Waals surface area contributed by atoms with E-state index in [0.717, 1.165) is 0 Å². The molecule has 0 aliphatic carbocycles. The van der Waals surface area contributed by atoms with Crippen LogP contribution in [0.2, 0.25) is 0 Å². The summed E-state index contributed by atoms with van der Waals surface area (Å²) in [6.45, 7) is 1.68. The van der Waals surface area contributed by atoms with Crippen LogP contribution in [0.15, 0.2) is 18.2 Å². The highest BCUT2D eigenvalue weighted by molar-refractivity contribution is 5.97. The molecule has 0 saturated carbocycles. The third kappa shape index (κ3) is 1.76. The molecule has 0 aliphatic heterocycles. The molecule has 0 atom stereocenters. The number of aromatic hydroxyl groups is 1. The Morgan fingerprint density at radius 3 is 2.92 bits per heavy atom. The summed E-state index contributed by atoms with van der Waals surface area (Å²) in [4.78, 5) is 11.1. The van der Waals surface area contributed by atoms with E-state index in [1.807, 2.05) is 5.32 Å². The van der Waals surface area contributed by atoms with Crippen LogP contribution in [0.5, 0.6) is 5.75 Å². The monoisotopic (exact) mass is 176 g/mol. The van der Waals surface area contributed by atoms with Gasteiger partial charge in [0, 0.05) is 0 Å². The lowest BCUT2D eigenvalue weighted by Crippen LogP contribution is -2.17. The Hall–Kier alpha value is -2.02. The van der Waals surface area contributed by atoms with Gasteiger partial charge in [0.2, 0.25) is 0 Å². The fourth-order valence-corrected chi connectivity index (χ4v) is 0.960. The molecule has 1 aromatic carbocycles. The Kier molecular flexibility index (Phi) is 2.50. The van der Waals surface area contributed by atoms with Gasteiger partial charge in [-0.1, -0.05) is 12.1 Å². The number of hydrogen-bond donors (Lipinski definition) is 2. The summed E-state index contributed by atoms with van der Waals surface area (Å²) in [6.07, 6.45) is 1.50. The summed E-state index contributed by atoms with van der Waals surface area (Å²) in [5.41, 5.74) is 0.715. The highest BCUT2D eigenvalue weighted by Gasteiger charge is 2.10. The zero-order chi connectivity index (χ0) is 9.84. The highest BCUT2D eigenvalue weighted by atomic mass is 16.3. The van der Waals surface area contributed by atoms with Gasteiger partial charge in [0.25, 0.3) is 5.91 Å². The predicted octanol–water partition coefficient (Wildman–Crippen LogP) is 0.911. The summed E-state index contributed by atoms with van der Waals surface area (Å²) < 4.78 is 0. The van der Waals surface area contributed by atoms with Crippen molar-refractivity contribution in [3.8, 4) is 11.9 Å². The van der Waals surface area contributed by atoms with Crippen molar-refractivity contribution in [3.63, 3.8) is 0 Å². The molecule has 66 valence electrons. The standard InChI is InChI=1S/C9H8N2O2/c1-6-3-2-4-7(8(6)12)9(13)11-5-10/h2-4,12H,1H3,(H,11,13). The van der Waals surface area contributed by atoms with Crippen molar-refractivity contribution in [1.29, 1.82) is 5.26 Å². The molecule has 4 heteroatoms. The number of hydrogen-bond acceptors (Lipinski definition) is 3. The minimum Gasteiger partial charge on any atom is -0.507 e. The first kappa shape index (κ1) is 9.07. The normalized spacial score (nSPS) is 8.92. The van der Waals surface area contributed by atoms with E-state index >= 15 is 0 Å². The molecule has 1 aromatic rings. The van der Waals surface area contributed by atoms with Gasteiger partial charge in [-0.15, -0.1) is 0 Å². The van der Waals surface area contributed by atoms with Crippen molar-refractivity contribution < 1.29 is 9.90 Å². The summed E-state index contributed by atoms with van der Waals surface area (Å²) in [6, 6.07) is 4.77. The number of benzene rings is 1. The number of rotatable bonds is 1. The van der Waals surface area contributed by atoms with Crippen LogP contribution >= 0.6 is 0 Å². The maximum atomic E-state index is 11.1. The summed E-state index contributed by atoms with van der Waals surface area (Å²) in [5, 5.41) is 19.6. The molecule has 1 amide bonds. The topological polar surface area (TPSA) is 73.1 Å². The van der Waals surface area contributed by atoms with Crippen molar-refractivity contribution in [2.24, 2.45) is 0 Å². The second kappa shape index (κ2) is 3.59. The van der Waals surface area contributed by atoms with E-state index in [1.54, 1.807) is 19.1 Å². The smallest absolute Gasteiger partial charge is 0.268 e. The van der Waals surface area contributed by atoms with Gasteiger partial charge in [0.1, 0.15) is 5.75 Å². The van der Waals surface area contributed by atoms with E-state index in [9.17, 15) is 9.90 Å². The number of carbonyl (C=O) groups is 1. The van der Waals surface area contributed by atoms with E-state index < -0.39 is 5.91 Å². The molecule has 0 radical (unpaired) electrons. The highest BCUT2D eigenvalue weighted by Crippen LogP contribution is 2.20. The van der Waals surface area contributed by atoms with E-state index in [0.29, 0.717) is 5.56 Å². The van der Waals surface area contributed by atoms with Crippen LogP contribution in [0, 0.1) is 18.4 Å². The molecule has 1 rings (SSSR count). The van der Waals surface area contributed by atoms with Crippen LogP contribution in [0.3, 0.4) is 0 Å². The lowest BCUT2D eigenvalue weighted by molar-refractivity contribution is 0.0970. The van der Waals surface area contributed by atoms with Crippen LogP contribution in [-0.4, -0.2) is 11.0 Å². The van der Waals surface area contributed by atoms with Gasteiger partial charge >= 0.3 is 0 Å². The molecule has 0 heterocycles. The van der Waals surface area contributed by atoms with Gasteiger partial charge in [0.05, 0.1) is 5.56 Å². The van der Waals surface area contributed by atoms with Gasteiger partial charge in [-0.3, -0.25) is 10.1 Å². The number of nitriles is 1. The van der Waals surface area contributed by atoms with Crippen LogP contribution in [0.1, 0.15) is 15.9 Å². The number of nitrogens with zero attached hydrogens (tertiary/aromatic N) is 1. The molecule has 0 spiro atoms. The minimum absolute atomic E-state index is 0.0877. The van der Waals surface area contributed by atoms with Crippen LogP contribution < -0.4 is 5.32 Å². The molecule has 0 saturated heterocycles. The van der Waals surface area contributed by atoms with Gasteiger partial charge in [-0.05, 0) is 18.6 Å². The van der Waals surface area contributed by atoms with Crippen molar-refractivity contribution in [3.05, 3.63) is 29.3 Å². The number of phenolic OH excluding ortho intramolecular Hbond substituents is 1. The molecule has 0 bridgehead atoms. The molecule has 0 aromatic heterocycles. The summed E-state index contributed by atoms with van der Waals surface area (Å²) in [5.74, 6) is -0.682. The Labute approximate surface area is 75.4 Å². The Morgan fingerprint density at radius 2 is 2.31 bits per heavy atom. The quantitative estimate of drug-likeness (QED) is 0.493. The first-order chi connectivity index (χ1) is 6.16. The first-order valence-electron chi connectivity index (χ1n) is 3.65. The average molecular weight is 176 g/mol. The number of phenols is 1. The Bertz CT molecular complexity index is 380. The van der Waals surface area contributed by atoms with Gasteiger partial charge in [-0.2, -0.15) is 5.26 Å². The van der Waals surface area contributed by atoms with E-state index in [-0.39, 0.29) is 11.3 Å². The maximum absolute atomic E-state index is 11.1. The third-order valence-electron chi connectivity index (χ3n) is 1.65. The molecule has 0 fully saturated rings. The van der Waals surface area contributed by atoms with Gasteiger partial charge < -0.3 is 5.11 Å². The third-order valence-corrected chi connectivity index (χ3v) is 1.65. The number of nitrogens with one attached hydrogen (secondary N) is 1. The molecule has 2 N–H and O–H groups in total. The van der Waals surface area contributed by atoms with Crippen molar-refractivity contribution in [1.82, 2.24) is 5.32 Å². The molecule has 0 aliphatic rings. The molecule has 13 heavy (non-hydrogen) atoms. The Balaban J connectivity index is 3.09. The lowest BCUT2D eigenvalue weighted by atomic mass is 10.1. The fraction of sp³-hybridized carbons (Fsp3) is 0.111. The number of para-hydroxylation sites is 1. The van der Waals surface area contributed by atoms with Gasteiger partial charge in [0.15, 0.2) is 6.19 Å². The van der Waals surface area contributed by atoms with E-state index in [2.05, 4.69) is 0 Å². The van der Waals surface area contributed by atoms with Crippen LogP contribution in [0.4, 0.5) is 0 Å². The van der Waals surface area contributed by atoms with Crippen molar-refractivity contribution >= 4 is 5.91 Å². The van der Waals surface area contributed by atoms with Crippen LogP contribution in [0.25, 0.3) is 0 Å². The molecular weight excluding hydrogens is 168 g/mol. The number of amides is 1. The maximum Gasteiger partial charge on any atom is 0.268 e. The molecule has 4 nitrogen and oxygen atoms in total. The summed E-state index contributed by atoms with van der Waals surface area (Å²) in [7, 11) is 0. The molecule has 0 unspecified atom stereocenters. The largest absolute Gasteiger partial charge is 0.507 e. The van der Waals surface area contributed by atoms with Crippen molar-refractivity contribution in [2.45, 2.75) is 6.92 Å². The first-order valence-corrected chi connectivity index (χ1v) is 3.65. The van der Waals surface area contributed by atoms with E-state index in [1.165, 1.54) is 12.3 Å². The van der Waals surface area contributed by atoms with E-state index in [4.69, 9.17) is 5.26 Å². The lowest BCUT2D eigenvalue weighted by Gasteiger charge is -2.03. The van der Waals surface area contributed by atoms with Gasteiger partial charge in [-0.25, -0.2) is 0 Å². The number of aryl methyl sites for hydroxylation is 1. The second-order valence-corrected chi connectivity index (χ2v) is 2.54. The SMILES string of the molecule is Cc1cccc(C(=O)NC#N)c1O. The Morgan fingerprint density at radius 1 is 1.62 bits per heavy atom. The number of carbonyl (C=O) groups excluding carboxylic acids is 1. The second-order valence-electron chi connectivity index (χ2n) is 2.54.